The van der Waals surface area contributed by atoms with Crippen LogP contribution in [0.15, 0.2) is 48.5 Å². The first-order valence-corrected chi connectivity index (χ1v) is 8.61. The third kappa shape index (κ3) is 7.96. The van der Waals surface area contributed by atoms with Crippen molar-refractivity contribution < 1.29 is 9.90 Å². The Hall–Kier alpha value is -2.09. The van der Waals surface area contributed by atoms with Gasteiger partial charge in [-0.25, -0.2) is 0 Å². The molecule has 0 radical (unpaired) electrons. The average Bonchev–Trinajstić information content (AvgIpc) is 2.52. The molecule has 0 bridgehead atoms. The van der Waals surface area contributed by atoms with Gasteiger partial charge in [-0.3, -0.25) is 4.79 Å². The maximum atomic E-state index is 10.6. The zero-order valence-corrected chi connectivity index (χ0v) is 15.5. The summed E-state index contributed by atoms with van der Waals surface area (Å²) in [6, 6.07) is 16.8. The molecular formula is C22H30O2. The Bertz CT molecular complexity index is 609. The Morgan fingerprint density at radius 2 is 1.17 bits per heavy atom. The number of hydrogen-bond donors (Lipinski definition) is 1. The quantitative estimate of drug-likeness (QED) is 0.793. The molecule has 1 N–H and O–H groups in total. The van der Waals surface area contributed by atoms with Gasteiger partial charge in [0.25, 0.3) is 0 Å². The highest BCUT2D eigenvalue weighted by molar-refractivity contribution is 5.69. The Labute approximate surface area is 146 Å². The molecule has 0 saturated carbocycles. The molecule has 2 aromatic rings. The maximum absolute atomic E-state index is 10.6. The summed E-state index contributed by atoms with van der Waals surface area (Å²) >= 11 is 0. The minimum absolute atomic E-state index is 0.303. The van der Waals surface area contributed by atoms with E-state index in [0.717, 1.165) is 11.5 Å². The molecule has 1 unspecified atom stereocenters. The predicted octanol–water partition coefficient (Wildman–Crippen LogP) is 5.45. The first-order valence-electron chi connectivity index (χ1n) is 8.61. The maximum Gasteiger partial charge on any atom is 0.306 e. The van der Waals surface area contributed by atoms with Crippen molar-refractivity contribution in [1.82, 2.24) is 0 Å². The van der Waals surface area contributed by atoms with Crippen molar-refractivity contribution in [1.29, 1.82) is 0 Å². The highest BCUT2D eigenvalue weighted by Gasteiger charge is 2.10. The van der Waals surface area contributed by atoms with E-state index in [2.05, 4.69) is 45.0 Å². The van der Waals surface area contributed by atoms with Gasteiger partial charge in [0.1, 0.15) is 0 Å². The standard InChI is InChI=1S/C11H14O2.C11H16/c1-8-3-5-10(6-4-8)7-9(2)11(12)13;1-9(2)8-11-6-4-10(3)5-7-11/h3-6,9H,7H2,1-2H3,(H,12,13);4-7,9H,8H2,1-3H3. The fourth-order valence-electron chi connectivity index (χ4n) is 2.36. The van der Waals surface area contributed by atoms with Gasteiger partial charge in [-0.1, -0.05) is 80.4 Å². The molecule has 0 spiro atoms. The molecule has 0 aliphatic rings. The van der Waals surface area contributed by atoms with E-state index in [1.165, 1.54) is 23.1 Å². The van der Waals surface area contributed by atoms with E-state index in [9.17, 15) is 4.79 Å². The molecule has 0 heterocycles. The topological polar surface area (TPSA) is 37.3 Å². The minimum atomic E-state index is -0.736. The second-order valence-electron chi connectivity index (χ2n) is 7.01. The van der Waals surface area contributed by atoms with Gasteiger partial charge in [-0.2, -0.15) is 0 Å². The van der Waals surface area contributed by atoms with Crippen molar-refractivity contribution in [2.75, 3.05) is 0 Å². The average molecular weight is 326 g/mol. The summed E-state index contributed by atoms with van der Waals surface area (Å²) in [5, 5.41) is 8.70. The van der Waals surface area contributed by atoms with Gasteiger partial charge in [0.15, 0.2) is 0 Å². The van der Waals surface area contributed by atoms with Crippen LogP contribution in [0.5, 0.6) is 0 Å². The normalized spacial score (nSPS) is 11.6. The fraction of sp³-hybridized carbons (Fsp3) is 0.409. The van der Waals surface area contributed by atoms with Crippen LogP contribution in [0, 0.1) is 25.7 Å². The molecule has 2 rings (SSSR count). The van der Waals surface area contributed by atoms with Crippen LogP contribution in [0.1, 0.15) is 43.0 Å². The molecule has 24 heavy (non-hydrogen) atoms. The lowest BCUT2D eigenvalue weighted by molar-refractivity contribution is -0.141. The van der Waals surface area contributed by atoms with Crippen LogP contribution in [-0.4, -0.2) is 11.1 Å². The van der Waals surface area contributed by atoms with E-state index in [4.69, 9.17) is 5.11 Å². The lowest BCUT2D eigenvalue weighted by Crippen LogP contribution is -2.12. The molecule has 0 amide bonds. The van der Waals surface area contributed by atoms with Crippen molar-refractivity contribution in [2.45, 2.75) is 47.5 Å². The lowest BCUT2D eigenvalue weighted by Gasteiger charge is -2.05. The molecule has 2 heteroatoms. The third-order valence-electron chi connectivity index (χ3n) is 3.85. The van der Waals surface area contributed by atoms with Crippen LogP contribution >= 0.6 is 0 Å². The number of carboxylic acid groups (broad SMARTS) is 1. The second-order valence-corrected chi connectivity index (χ2v) is 7.01. The zero-order valence-electron chi connectivity index (χ0n) is 15.5. The van der Waals surface area contributed by atoms with E-state index >= 15 is 0 Å². The Kier molecular flexibility index (Phi) is 8.25. The number of carbonyl (C=O) groups is 1. The molecule has 130 valence electrons. The molecule has 2 nitrogen and oxygen atoms in total. The number of carboxylic acids is 1. The molecule has 0 aliphatic carbocycles. The van der Waals surface area contributed by atoms with Crippen LogP contribution < -0.4 is 0 Å². The Morgan fingerprint density at radius 1 is 0.792 bits per heavy atom. The van der Waals surface area contributed by atoms with Crippen molar-refractivity contribution in [3.8, 4) is 0 Å². The summed E-state index contributed by atoms with van der Waals surface area (Å²) in [5.74, 6) is -0.277. The monoisotopic (exact) mass is 326 g/mol. The summed E-state index contributed by atoms with van der Waals surface area (Å²) in [6.45, 7) is 10.4. The smallest absolute Gasteiger partial charge is 0.306 e. The molecule has 0 saturated heterocycles. The molecular weight excluding hydrogens is 296 g/mol. The third-order valence-corrected chi connectivity index (χ3v) is 3.85. The van der Waals surface area contributed by atoms with Crippen molar-refractivity contribution in [3.63, 3.8) is 0 Å². The highest BCUT2D eigenvalue weighted by Crippen LogP contribution is 2.10. The van der Waals surface area contributed by atoms with E-state index in [1.54, 1.807) is 6.92 Å². The first kappa shape index (κ1) is 20.0. The molecule has 1 atom stereocenters. The fourth-order valence-corrected chi connectivity index (χ4v) is 2.36. The van der Waals surface area contributed by atoms with Crippen LogP contribution in [-0.2, 0) is 17.6 Å². The number of benzene rings is 2. The van der Waals surface area contributed by atoms with E-state index in [1.807, 2.05) is 31.2 Å². The van der Waals surface area contributed by atoms with E-state index in [-0.39, 0.29) is 5.92 Å². The summed E-state index contributed by atoms with van der Waals surface area (Å²) in [7, 11) is 0. The van der Waals surface area contributed by atoms with E-state index < -0.39 is 5.97 Å². The molecule has 0 fully saturated rings. The Balaban J connectivity index is 0.000000243. The van der Waals surface area contributed by atoms with Crippen LogP contribution in [0.2, 0.25) is 0 Å². The van der Waals surface area contributed by atoms with Crippen LogP contribution in [0.25, 0.3) is 0 Å². The lowest BCUT2D eigenvalue weighted by atomic mass is 10.0. The van der Waals surface area contributed by atoms with Crippen molar-refractivity contribution in [2.24, 2.45) is 11.8 Å². The van der Waals surface area contributed by atoms with Crippen LogP contribution in [0.3, 0.4) is 0 Å². The molecule has 0 aliphatic heterocycles. The SMILES string of the molecule is Cc1ccc(CC(C)C(=O)O)cc1.Cc1ccc(CC(C)C)cc1. The van der Waals surface area contributed by atoms with Gasteiger partial charge in [0, 0.05) is 0 Å². The minimum Gasteiger partial charge on any atom is -0.481 e. The number of aliphatic carboxylic acids is 1. The number of hydrogen-bond acceptors (Lipinski definition) is 1. The zero-order chi connectivity index (χ0) is 18.1. The predicted molar refractivity (Wildman–Crippen MR) is 101 cm³/mol. The van der Waals surface area contributed by atoms with Gasteiger partial charge in [-0.15, -0.1) is 0 Å². The van der Waals surface area contributed by atoms with Gasteiger partial charge in [0.2, 0.25) is 0 Å². The highest BCUT2D eigenvalue weighted by atomic mass is 16.4. The molecule has 2 aromatic carbocycles. The summed E-state index contributed by atoms with van der Waals surface area (Å²) < 4.78 is 0. The van der Waals surface area contributed by atoms with Crippen LogP contribution in [0.4, 0.5) is 0 Å². The van der Waals surface area contributed by atoms with Crippen molar-refractivity contribution in [3.05, 3.63) is 70.8 Å². The van der Waals surface area contributed by atoms with Crippen molar-refractivity contribution >= 4 is 5.97 Å². The van der Waals surface area contributed by atoms with Gasteiger partial charge in [0.05, 0.1) is 5.92 Å². The largest absolute Gasteiger partial charge is 0.481 e. The first-order chi connectivity index (χ1) is 11.3. The summed E-state index contributed by atoms with van der Waals surface area (Å²) in [6.07, 6.45) is 1.80. The van der Waals surface area contributed by atoms with E-state index in [0.29, 0.717) is 6.42 Å². The summed E-state index contributed by atoms with van der Waals surface area (Å²) in [5.41, 5.74) is 5.08. The van der Waals surface area contributed by atoms with Gasteiger partial charge >= 0.3 is 5.97 Å². The van der Waals surface area contributed by atoms with Gasteiger partial charge in [-0.05, 0) is 43.7 Å². The second kappa shape index (κ2) is 9.92. The molecule has 0 aromatic heterocycles. The summed E-state index contributed by atoms with van der Waals surface area (Å²) in [4.78, 5) is 10.6. The number of rotatable bonds is 5. The van der Waals surface area contributed by atoms with Gasteiger partial charge < -0.3 is 5.11 Å². The number of aryl methyl sites for hydroxylation is 2. The Morgan fingerprint density at radius 3 is 1.50 bits per heavy atom.